The number of hydrogen-bond donors (Lipinski definition) is 1. The minimum absolute atomic E-state index is 0.125. The quantitative estimate of drug-likeness (QED) is 0.904. The van der Waals surface area contributed by atoms with E-state index in [0.29, 0.717) is 11.7 Å². The van der Waals surface area contributed by atoms with Crippen molar-refractivity contribution in [1.82, 2.24) is 10.3 Å². The summed E-state index contributed by atoms with van der Waals surface area (Å²) in [5.74, 6) is 1.78. The molecule has 0 spiro atoms. The summed E-state index contributed by atoms with van der Waals surface area (Å²) in [6.45, 7) is 0. The van der Waals surface area contributed by atoms with Gasteiger partial charge in [-0.25, -0.2) is 9.37 Å². The average molecular weight is 340 g/mol. The Morgan fingerprint density at radius 1 is 1.24 bits per heavy atom. The molecule has 4 nitrogen and oxygen atoms in total. The SMILES string of the molecule is CNC(=O)c1cnc(Oc2ccc(C3CC4CCC3C4)cc2)c(F)c1. The molecule has 2 aliphatic carbocycles. The van der Waals surface area contributed by atoms with Gasteiger partial charge in [-0.2, -0.15) is 0 Å². The molecule has 3 atom stereocenters. The summed E-state index contributed by atoms with van der Waals surface area (Å²) in [4.78, 5) is 15.4. The van der Waals surface area contributed by atoms with Crippen LogP contribution in [0.5, 0.6) is 11.6 Å². The van der Waals surface area contributed by atoms with Gasteiger partial charge in [-0.05, 0) is 60.8 Å². The molecule has 0 radical (unpaired) electrons. The highest BCUT2D eigenvalue weighted by Gasteiger charge is 2.39. The monoisotopic (exact) mass is 340 g/mol. The molecule has 1 aromatic carbocycles. The molecule has 1 aromatic heterocycles. The third-order valence-corrected chi connectivity index (χ3v) is 5.56. The van der Waals surface area contributed by atoms with E-state index in [9.17, 15) is 9.18 Å². The van der Waals surface area contributed by atoms with Gasteiger partial charge in [0.25, 0.3) is 11.8 Å². The van der Waals surface area contributed by atoms with Crippen LogP contribution in [0.3, 0.4) is 0 Å². The van der Waals surface area contributed by atoms with Crippen LogP contribution in [-0.2, 0) is 0 Å². The molecule has 2 fully saturated rings. The van der Waals surface area contributed by atoms with Crippen LogP contribution in [0.15, 0.2) is 36.5 Å². The Hall–Kier alpha value is -2.43. The molecular weight excluding hydrogens is 319 g/mol. The zero-order valence-electron chi connectivity index (χ0n) is 14.2. The Morgan fingerprint density at radius 2 is 2.04 bits per heavy atom. The van der Waals surface area contributed by atoms with E-state index in [1.165, 1.54) is 44.5 Å². The molecular formula is C20H21FN2O2. The van der Waals surface area contributed by atoms with Crippen molar-refractivity contribution < 1.29 is 13.9 Å². The molecule has 2 aromatic rings. The average Bonchev–Trinajstić information content (AvgIpc) is 3.27. The Bertz CT molecular complexity index is 791. The molecule has 1 amide bonds. The zero-order chi connectivity index (χ0) is 17.4. The third kappa shape index (κ3) is 3.11. The Morgan fingerprint density at radius 3 is 2.64 bits per heavy atom. The molecule has 2 saturated carbocycles. The van der Waals surface area contributed by atoms with Crippen molar-refractivity contribution in [2.24, 2.45) is 11.8 Å². The molecule has 1 heterocycles. The van der Waals surface area contributed by atoms with Gasteiger partial charge in [0, 0.05) is 13.2 Å². The first-order chi connectivity index (χ1) is 12.1. The summed E-state index contributed by atoms with van der Waals surface area (Å²) < 4.78 is 19.6. The molecule has 1 N–H and O–H groups in total. The van der Waals surface area contributed by atoms with E-state index in [1.54, 1.807) is 0 Å². The number of aromatic nitrogens is 1. The highest BCUT2D eigenvalue weighted by atomic mass is 19.1. The van der Waals surface area contributed by atoms with Gasteiger partial charge in [-0.15, -0.1) is 0 Å². The van der Waals surface area contributed by atoms with Gasteiger partial charge in [0.05, 0.1) is 5.56 Å². The third-order valence-electron chi connectivity index (χ3n) is 5.56. The van der Waals surface area contributed by atoms with Crippen LogP contribution in [0.2, 0.25) is 0 Å². The molecule has 0 saturated heterocycles. The van der Waals surface area contributed by atoms with Crippen LogP contribution in [0.4, 0.5) is 4.39 Å². The molecule has 4 rings (SSSR count). The van der Waals surface area contributed by atoms with Crippen molar-refractivity contribution in [3.8, 4) is 11.6 Å². The number of halogens is 1. The molecule has 0 aliphatic heterocycles. The molecule has 25 heavy (non-hydrogen) atoms. The Balaban J connectivity index is 1.47. The lowest BCUT2D eigenvalue weighted by atomic mass is 9.83. The number of nitrogens with zero attached hydrogens (tertiary/aromatic N) is 1. The number of benzene rings is 1. The molecule has 3 unspecified atom stereocenters. The number of amides is 1. The fraction of sp³-hybridized carbons (Fsp3) is 0.400. The summed E-state index contributed by atoms with van der Waals surface area (Å²) in [5, 5.41) is 2.44. The van der Waals surface area contributed by atoms with Crippen molar-refractivity contribution in [1.29, 1.82) is 0 Å². The number of nitrogens with one attached hydrogen (secondary N) is 1. The van der Waals surface area contributed by atoms with Crippen molar-refractivity contribution in [3.05, 3.63) is 53.5 Å². The van der Waals surface area contributed by atoms with E-state index in [0.717, 1.165) is 17.9 Å². The van der Waals surface area contributed by atoms with E-state index >= 15 is 0 Å². The topological polar surface area (TPSA) is 51.2 Å². The van der Waals surface area contributed by atoms with Crippen molar-refractivity contribution >= 4 is 5.91 Å². The second-order valence-corrected chi connectivity index (χ2v) is 7.04. The lowest BCUT2D eigenvalue weighted by molar-refractivity contribution is 0.0962. The van der Waals surface area contributed by atoms with Crippen LogP contribution in [-0.4, -0.2) is 17.9 Å². The number of rotatable bonds is 4. The standard InChI is InChI=1S/C20H21FN2O2/c1-22-19(24)15-10-18(21)20(23-11-15)25-16-6-4-13(5-7-16)17-9-12-2-3-14(17)8-12/h4-7,10-12,14,17H,2-3,8-9H2,1H3,(H,22,24). The summed E-state index contributed by atoms with van der Waals surface area (Å²) >= 11 is 0. The van der Waals surface area contributed by atoms with Gasteiger partial charge in [0.15, 0.2) is 5.82 Å². The van der Waals surface area contributed by atoms with E-state index in [4.69, 9.17) is 4.74 Å². The van der Waals surface area contributed by atoms with Gasteiger partial charge >= 0.3 is 0 Å². The normalized spacial score (nSPS) is 24.3. The summed E-state index contributed by atoms with van der Waals surface area (Å²) in [7, 11) is 1.49. The van der Waals surface area contributed by atoms with E-state index in [2.05, 4.69) is 22.4 Å². The maximum atomic E-state index is 14.1. The second-order valence-electron chi connectivity index (χ2n) is 7.04. The summed E-state index contributed by atoms with van der Waals surface area (Å²) in [6.07, 6.45) is 6.71. The lowest BCUT2D eigenvalue weighted by Crippen LogP contribution is -2.18. The van der Waals surface area contributed by atoms with Crippen LogP contribution in [0.1, 0.15) is 47.5 Å². The Kier molecular flexibility index (Phi) is 4.15. The van der Waals surface area contributed by atoms with Crippen LogP contribution >= 0.6 is 0 Å². The highest BCUT2D eigenvalue weighted by molar-refractivity contribution is 5.93. The van der Waals surface area contributed by atoms with E-state index < -0.39 is 5.82 Å². The van der Waals surface area contributed by atoms with Gasteiger partial charge < -0.3 is 10.1 Å². The number of fused-ring (bicyclic) bond motifs is 2. The minimum Gasteiger partial charge on any atom is -0.436 e. The van der Waals surface area contributed by atoms with Gasteiger partial charge in [-0.3, -0.25) is 4.79 Å². The fourth-order valence-corrected chi connectivity index (χ4v) is 4.32. The minimum atomic E-state index is -0.654. The number of hydrogen-bond acceptors (Lipinski definition) is 3. The first kappa shape index (κ1) is 16.1. The highest BCUT2D eigenvalue weighted by Crippen LogP contribution is 2.52. The zero-order valence-corrected chi connectivity index (χ0v) is 14.2. The molecule has 2 bridgehead atoms. The van der Waals surface area contributed by atoms with Crippen molar-refractivity contribution in [2.45, 2.75) is 31.6 Å². The van der Waals surface area contributed by atoms with Gasteiger partial charge in [0.2, 0.25) is 0 Å². The Labute approximate surface area is 146 Å². The van der Waals surface area contributed by atoms with E-state index in [1.807, 2.05) is 12.1 Å². The van der Waals surface area contributed by atoms with Crippen molar-refractivity contribution in [2.75, 3.05) is 7.05 Å². The first-order valence-electron chi connectivity index (χ1n) is 8.79. The van der Waals surface area contributed by atoms with Crippen LogP contribution in [0, 0.1) is 17.7 Å². The smallest absolute Gasteiger partial charge is 0.255 e. The van der Waals surface area contributed by atoms with Crippen LogP contribution in [0.25, 0.3) is 0 Å². The lowest BCUT2D eigenvalue weighted by Gasteiger charge is -2.22. The largest absolute Gasteiger partial charge is 0.436 e. The predicted octanol–water partition coefficient (Wildman–Crippen LogP) is 4.28. The number of pyridine rings is 1. The second kappa shape index (κ2) is 6.47. The van der Waals surface area contributed by atoms with Crippen molar-refractivity contribution in [3.63, 3.8) is 0 Å². The predicted molar refractivity (Wildman–Crippen MR) is 92.3 cm³/mol. The molecule has 5 heteroatoms. The maximum Gasteiger partial charge on any atom is 0.255 e. The summed E-state index contributed by atoms with van der Waals surface area (Å²) in [6, 6.07) is 9.03. The number of ether oxygens (including phenoxy) is 1. The molecule has 130 valence electrons. The first-order valence-corrected chi connectivity index (χ1v) is 8.79. The number of carbonyl (C=O) groups is 1. The van der Waals surface area contributed by atoms with E-state index in [-0.39, 0.29) is 17.4 Å². The number of carbonyl (C=O) groups excluding carboxylic acids is 1. The molecule has 2 aliphatic rings. The maximum absolute atomic E-state index is 14.1. The fourth-order valence-electron chi connectivity index (χ4n) is 4.32. The van der Waals surface area contributed by atoms with Crippen LogP contribution < -0.4 is 10.1 Å². The van der Waals surface area contributed by atoms with Gasteiger partial charge in [0.1, 0.15) is 5.75 Å². The summed E-state index contributed by atoms with van der Waals surface area (Å²) in [5.41, 5.74) is 1.52. The van der Waals surface area contributed by atoms with Gasteiger partial charge in [-0.1, -0.05) is 18.6 Å².